The highest BCUT2D eigenvalue weighted by Gasteiger charge is 2.21. The number of aromatic nitrogens is 1. The summed E-state index contributed by atoms with van der Waals surface area (Å²) >= 11 is 0. The first-order chi connectivity index (χ1) is 11.5. The van der Waals surface area contributed by atoms with Crippen LogP contribution in [-0.2, 0) is 9.59 Å². The molecule has 0 spiro atoms. The van der Waals surface area contributed by atoms with Gasteiger partial charge in [0.2, 0.25) is 0 Å². The summed E-state index contributed by atoms with van der Waals surface area (Å²) in [6.07, 6.45) is 0. The highest BCUT2D eigenvalue weighted by Crippen LogP contribution is 2.16. The molecular formula is C17H21N3O4. The molecule has 1 aromatic carbocycles. The van der Waals surface area contributed by atoms with Crippen LogP contribution >= 0.6 is 0 Å². The maximum atomic E-state index is 12.2. The number of aryl methyl sites for hydroxylation is 2. The smallest absolute Gasteiger partial charge is 0.315 e. The van der Waals surface area contributed by atoms with E-state index in [9.17, 15) is 9.59 Å². The normalized spacial score (nSPS) is 10.3. The zero-order valence-corrected chi connectivity index (χ0v) is 14.0. The molecule has 0 unspecified atom stereocenters. The Morgan fingerprint density at radius 2 is 2.04 bits per heavy atom. The van der Waals surface area contributed by atoms with Crippen LogP contribution in [0.15, 0.2) is 34.9 Å². The zero-order chi connectivity index (χ0) is 17.5. The van der Waals surface area contributed by atoms with Crippen molar-refractivity contribution in [3.8, 4) is 5.75 Å². The standard InChI is InChI=1S/C17H21N3O4/c1-4-20(9-10-23-14-8-6-5-7-12(14)2)17(22)16(21)18-15-11-13(3)24-19-15/h5-8,11H,4,9-10H2,1-3H3,(H,18,19,21). The summed E-state index contributed by atoms with van der Waals surface area (Å²) in [5.74, 6) is 0.158. The number of rotatable bonds is 6. The average molecular weight is 331 g/mol. The van der Waals surface area contributed by atoms with Crippen LogP contribution in [0.3, 0.4) is 0 Å². The first kappa shape index (κ1) is 17.5. The molecule has 0 saturated carbocycles. The third-order valence-corrected chi connectivity index (χ3v) is 3.45. The largest absolute Gasteiger partial charge is 0.491 e. The van der Waals surface area contributed by atoms with E-state index < -0.39 is 11.8 Å². The van der Waals surface area contributed by atoms with Crippen molar-refractivity contribution in [3.63, 3.8) is 0 Å². The molecule has 0 bridgehead atoms. The molecule has 0 saturated heterocycles. The van der Waals surface area contributed by atoms with Gasteiger partial charge in [0.15, 0.2) is 5.82 Å². The number of hydrogen-bond acceptors (Lipinski definition) is 5. The summed E-state index contributed by atoms with van der Waals surface area (Å²) in [5, 5.41) is 6.05. The summed E-state index contributed by atoms with van der Waals surface area (Å²) < 4.78 is 10.5. The molecule has 2 aromatic rings. The van der Waals surface area contributed by atoms with E-state index in [1.807, 2.05) is 31.2 Å². The average Bonchev–Trinajstić information content (AvgIpc) is 2.97. The van der Waals surface area contributed by atoms with Gasteiger partial charge in [-0.2, -0.15) is 0 Å². The minimum Gasteiger partial charge on any atom is -0.491 e. The van der Waals surface area contributed by atoms with Gasteiger partial charge in [0.1, 0.15) is 18.1 Å². The second kappa shape index (κ2) is 8.14. The number of ether oxygens (including phenoxy) is 1. The van der Waals surface area contributed by atoms with Gasteiger partial charge in [-0.1, -0.05) is 23.4 Å². The van der Waals surface area contributed by atoms with Crippen LogP contribution in [0.2, 0.25) is 0 Å². The number of benzene rings is 1. The summed E-state index contributed by atoms with van der Waals surface area (Å²) in [6.45, 7) is 6.48. The Morgan fingerprint density at radius 3 is 2.67 bits per heavy atom. The predicted molar refractivity (Wildman–Crippen MR) is 88.8 cm³/mol. The first-order valence-electron chi connectivity index (χ1n) is 7.73. The minimum absolute atomic E-state index is 0.220. The fraction of sp³-hybridized carbons (Fsp3) is 0.353. The molecule has 7 heteroatoms. The Labute approximate surface area is 140 Å². The lowest BCUT2D eigenvalue weighted by Crippen LogP contribution is -2.41. The Morgan fingerprint density at radius 1 is 1.29 bits per heavy atom. The SMILES string of the molecule is CCN(CCOc1ccccc1C)C(=O)C(=O)Nc1cc(C)on1. The minimum atomic E-state index is -0.749. The van der Waals surface area contributed by atoms with Crippen LogP contribution in [0.25, 0.3) is 0 Å². The van der Waals surface area contributed by atoms with E-state index in [4.69, 9.17) is 9.26 Å². The number of likely N-dealkylation sites (N-methyl/N-ethyl adjacent to an activating group) is 1. The highest BCUT2D eigenvalue weighted by atomic mass is 16.5. The molecule has 7 nitrogen and oxygen atoms in total. The molecule has 128 valence electrons. The summed E-state index contributed by atoms with van der Waals surface area (Å²) in [6, 6.07) is 9.18. The molecular weight excluding hydrogens is 310 g/mol. The number of nitrogens with zero attached hydrogens (tertiary/aromatic N) is 2. The van der Waals surface area contributed by atoms with E-state index in [1.54, 1.807) is 19.9 Å². The van der Waals surface area contributed by atoms with Gasteiger partial charge in [0.25, 0.3) is 0 Å². The Balaban J connectivity index is 1.86. The van der Waals surface area contributed by atoms with E-state index >= 15 is 0 Å². The lowest BCUT2D eigenvalue weighted by atomic mass is 10.2. The number of hydrogen-bond donors (Lipinski definition) is 1. The van der Waals surface area contributed by atoms with Gasteiger partial charge in [0.05, 0.1) is 6.54 Å². The van der Waals surface area contributed by atoms with Gasteiger partial charge < -0.3 is 14.2 Å². The van der Waals surface area contributed by atoms with E-state index in [1.165, 1.54) is 4.90 Å². The Hall–Kier alpha value is -2.83. The topological polar surface area (TPSA) is 84.7 Å². The second-order valence-corrected chi connectivity index (χ2v) is 5.28. The van der Waals surface area contributed by atoms with Crippen molar-refractivity contribution in [1.82, 2.24) is 10.1 Å². The molecule has 1 aromatic heterocycles. The number of para-hydroxylation sites is 1. The van der Waals surface area contributed by atoms with Crippen molar-refractivity contribution in [2.75, 3.05) is 25.0 Å². The molecule has 0 aliphatic carbocycles. The van der Waals surface area contributed by atoms with Gasteiger partial charge in [0, 0.05) is 12.6 Å². The van der Waals surface area contributed by atoms with Crippen molar-refractivity contribution in [2.45, 2.75) is 20.8 Å². The van der Waals surface area contributed by atoms with Crippen LogP contribution in [0.5, 0.6) is 5.75 Å². The fourth-order valence-corrected chi connectivity index (χ4v) is 2.13. The molecule has 0 radical (unpaired) electrons. The van der Waals surface area contributed by atoms with Crippen molar-refractivity contribution >= 4 is 17.6 Å². The molecule has 0 fully saturated rings. The van der Waals surface area contributed by atoms with Gasteiger partial charge >= 0.3 is 11.8 Å². The van der Waals surface area contributed by atoms with E-state index in [0.717, 1.165) is 11.3 Å². The van der Waals surface area contributed by atoms with E-state index in [2.05, 4.69) is 10.5 Å². The van der Waals surface area contributed by atoms with Crippen molar-refractivity contribution in [1.29, 1.82) is 0 Å². The number of carbonyl (C=O) groups is 2. The number of anilines is 1. The zero-order valence-electron chi connectivity index (χ0n) is 14.0. The van der Waals surface area contributed by atoms with Crippen LogP contribution < -0.4 is 10.1 Å². The van der Waals surface area contributed by atoms with Gasteiger partial charge in [-0.25, -0.2) is 0 Å². The molecule has 0 atom stereocenters. The quantitative estimate of drug-likeness (QED) is 0.820. The Bertz CT molecular complexity index is 711. The number of carbonyl (C=O) groups excluding carboxylic acids is 2. The van der Waals surface area contributed by atoms with E-state index in [0.29, 0.717) is 25.5 Å². The summed E-state index contributed by atoms with van der Waals surface area (Å²) in [7, 11) is 0. The maximum Gasteiger partial charge on any atom is 0.315 e. The molecule has 1 N–H and O–H groups in total. The Kier molecular flexibility index (Phi) is 5.95. The third-order valence-electron chi connectivity index (χ3n) is 3.45. The molecule has 2 rings (SSSR count). The lowest BCUT2D eigenvalue weighted by molar-refractivity contribution is -0.143. The predicted octanol–water partition coefficient (Wildman–Crippen LogP) is 2.16. The number of nitrogens with one attached hydrogen (secondary N) is 1. The fourth-order valence-electron chi connectivity index (χ4n) is 2.13. The molecule has 1 heterocycles. The number of amides is 2. The molecule has 0 aliphatic rings. The summed E-state index contributed by atoms with van der Waals surface area (Å²) in [5.41, 5.74) is 1.02. The van der Waals surface area contributed by atoms with Crippen molar-refractivity contribution in [3.05, 3.63) is 41.7 Å². The maximum absolute atomic E-state index is 12.2. The first-order valence-corrected chi connectivity index (χ1v) is 7.73. The van der Waals surface area contributed by atoms with Crippen molar-refractivity contribution in [2.24, 2.45) is 0 Å². The van der Waals surface area contributed by atoms with Crippen LogP contribution in [-0.4, -0.2) is 41.6 Å². The van der Waals surface area contributed by atoms with E-state index in [-0.39, 0.29) is 5.82 Å². The van der Waals surface area contributed by atoms with Crippen LogP contribution in [0.1, 0.15) is 18.2 Å². The lowest BCUT2D eigenvalue weighted by Gasteiger charge is -2.20. The molecule has 2 amide bonds. The summed E-state index contributed by atoms with van der Waals surface area (Å²) in [4.78, 5) is 25.6. The van der Waals surface area contributed by atoms with Gasteiger partial charge in [-0.3, -0.25) is 14.9 Å². The monoisotopic (exact) mass is 331 g/mol. The van der Waals surface area contributed by atoms with Crippen molar-refractivity contribution < 1.29 is 18.8 Å². The third kappa shape index (κ3) is 4.58. The van der Waals surface area contributed by atoms with Gasteiger partial charge in [-0.05, 0) is 32.4 Å². The second-order valence-electron chi connectivity index (χ2n) is 5.28. The molecule has 24 heavy (non-hydrogen) atoms. The van der Waals surface area contributed by atoms with Crippen LogP contribution in [0.4, 0.5) is 5.82 Å². The molecule has 0 aliphatic heterocycles. The van der Waals surface area contributed by atoms with Gasteiger partial charge in [-0.15, -0.1) is 0 Å². The highest BCUT2D eigenvalue weighted by molar-refractivity contribution is 6.39. The van der Waals surface area contributed by atoms with Crippen LogP contribution in [0, 0.1) is 13.8 Å².